The summed E-state index contributed by atoms with van der Waals surface area (Å²) in [5, 5.41) is 3.91. The number of nitrogens with zero attached hydrogens (tertiary/aromatic N) is 2. The van der Waals surface area contributed by atoms with Gasteiger partial charge in [-0.3, -0.25) is 9.59 Å². The van der Waals surface area contributed by atoms with Crippen LogP contribution in [0.1, 0.15) is 26.3 Å². The molecule has 0 aliphatic carbocycles. The zero-order chi connectivity index (χ0) is 24.2. The molecule has 0 bridgehead atoms. The molecule has 34 heavy (non-hydrogen) atoms. The third kappa shape index (κ3) is 5.13. The Morgan fingerprint density at radius 1 is 0.941 bits per heavy atom. The van der Waals surface area contributed by atoms with Gasteiger partial charge in [0.1, 0.15) is 5.75 Å². The van der Waals surface area contributed by atoms with Crippen LogP contribution in [0.15, 0.2) is 60.7 Å². The molecule has 176 valence electrons. The van der Waals surface area contributed by atoms with Crippen LogP contribution in [0.4, 0.5) is 11.4 Å². The number of rotatable bonds is 5. The zero-order valence-electron chi connectivity index (χ0n) is 19.0. The van der Waals surface area contributed by atoms with Crippen LogP contribution in [0.2, 0.25) is 10.0 Å². The number of para-hydroxylation sites is 1. The summed E-state index contributed by atoms with van der Waals surface area (Å²) < 4.78 is 5.31. The van der Waals surface area contributed by atoms with Gasteiger partial charge in [0, 0.05) is 36.8 Å². The Bertz CT molecular complexity index is 1210. The van der Waals surface area contributed by atoms with Crippen LogP contribution in [0.5, 0.6) is 5.75 Å². The van der Waals surface area contributed by atoms with E-state index in [1.54, 1.807) is 36.4 Å². The van der Waals surface area contributed by atoms with Gasteiger partial charge in [0.2, 0.25) is 0 Å². The molecule has 0 atom stereocenters. The first kappa shape index (κ1) is 23.9. The topological polar surface area (TPSA) is 61.9 Å². The molecule has 3 aromatic carbocycles. The minimum absolute atomic E-state index is 0.0142. The lowest BCUT2D eigenvalue weighted by Crippen LogP contribution is -2.49. The average molecular weight is 498 g/mol. The first-order valence-electron chi connectivity index (χ1n) is 10.9. The number of ether oxygens (including phenoxy) is 1. The summed E-state index contributed by atoms with van der Waals surface area (Å²) >= 11 is 12.7. The van der Waals surface area contributed by atoms with Gasteiger partial charge < -0.3 is 19.9 Å². The molecular weight excluding hydrogens is 473 g/mol. The van der Waals surface area contributed by atoms with Gasteiger partial charge in [-0.1, -0.05) is 47.0 Å². The Balaban J connectivity index is 1.51. The lowest BCUT2D eigenvalue weighted by atomic mass is 10.1. The lowest BCUT2D eigenvalue weighted by Gasteiger charge is -2.37. The maximum atomic E-state index is 13.1. The van der Waals surface area contributed by atoms with Gasteiger partial charge in [-0.05, 0) is 49.4 Å². The number of anilines is 2. The van der Waals surface area contributed by atoms with Crippen molar-refractivity contribution >= 4 is 46.4 Å². The molecule has 8 heteroatoms. The van der Waals surface area contributed by atoms with Crippen molar-refractivity contribution in [2.75, 3.05) is 43.5 Å². The fraction of sp³-hybridized carbons (Fsp3) is 0.231. The number of carbonyl (C=O) groups is 2. The molecule has 1 aliphatic rings. The van der Waals surface area contributed by atoms with E-state index >= 15 is 0 Å². The van der Waals surface area contributed by atoms with Crippen LogP contribution in [0, 0.1) is 6.92 Å². The number of piperazine rings is 1. The van der Waals surface area contributed by atoms with Crippen molar-refractivity contribution in [1.82, 2.24) is 4.90 Å². The molecule has 1 heterocycles. The Labute approximate surface area is 209 Å². The van der Waals surface area contributed by atoms with E-state index in [0.717, 1.165) is 11.3 Å². The molecule has 0 aromatic heterocycles. The number of benzene rings is 3. The Morgan fingerprint density at radius 2 is 1.65 bits per heavy atom. The molecule has 4 rings (SSSR count). The van der Waals surface area contributed by atoms with Gasteiger partial charge in [-0.25, -0.2) is 0 Å². The summed E-state index contributed by atoms with van der Waals surface area (Å²) in [6.45, 7) is 4.27. The molecule has 0 unspecified atom stereocenters. The van der Waals surface area contributed by atoms with Crippen LogP contribution in [-0.2, 0) is 0 Å². The maximum Gasteiger partial charge on any atom is 0.259 e. The van der Waals surface area contributed by atoms with Gasteiger partial charge in [-0.2, -0.15) is 0 Å². The highest BCUT2D eigenvalue weighted by Gasteiger charge is 2.26. The van der Waals surface area contributed by atoms with Gasteiger partial charge in [-0.15, -0.1) is 0 Å². The molecule has 0 saturated carbocycles. The highest BCUT2D eigenvalue weighted by atomic mass is 35.5. The summed E-state index contributed by atoms with van der Waals surface area (Å²) in [5.74, 6) is 0.0881. The Morgan fingerprint density at radius 3 is 2.32 bits per heavy atom. The Hall–Kier alpha value is -3.22. The third-order valence-corrected chi connectivity index (χ3v) is 6.36. The van der Waals surface area contributed by atoms with E-state index in [4.69, 9.17) is 27.9 Å². The third-order valence-electron chi connectivity index (χ3n) is 5.82. The predicted molar refractivity (Wildman–Crippen MR) is 137 cm³/mol. The van der Waals surface area contributed by atoms with Crippen molar-refractivity contribution in [1.29, 1.82) is 0 Å². The minimum atomic E-state index is -0.351. The summed E-state index contributed by atoms with van der Waals surface area (Å²) in [6, 6.07) is 17.9. The molecule has 1 saturated heterocycles. The summed E-state index contributed by atoms with van der Waals surface area (Å²) in [7, 11) is 1.50. The van der Waals surface area contributed by atoms with E-state index in [1.807, 2.05) is 36.1 Å². The Kier molecular flexibility index (Phi) is 7.29. The largest absolute Gasteiger partial charge is 0.496 e. The van der Waals surface area contributed by atoms with Gasteiger partial charge in [0.05, 0.1) is 29.1 Å². The second kappa shape index (κ2) is 10.4. The average Bonchev–Trinajstić information content (AvgIpc) is 2.84. The van der Waals surface area contributed by atoms with Crippen molar-refractivity contribution in [3.8, 4) is 5.75 Å². The van der Waals surface area contributed by atoms with Gasteiger partial charge in [0.15, 0.2) is 0 Å². The number of halogens is 2. The van der Waals surface area contributed by atoms with E-state index in [1.165, 1.54) is 7.11 Å². The first-order chi connectivity index (χ1) is 16.4. The number of hydrogen-bond acceptors (Lipinski definition) is 4. The molecular formula is C26H25Cl2N3O3. The molecule has 3 aromatic rings. The number of nitrogens with one attached hydrogen (secondary N) is 1. The summed E-state index contributed by atoms with van der Waals surface area (Å²) in [6.07, 6.45) is 0. The predicted octanol–water partition coefficient (Wildman–Crippen LogP) is 5.53. The van der Waals surface area contributed by atoms with Crippen LogP contribution in [-0.4, -0.2) is 50.0 Å². The highest BCUT2D eigenvalue weighted by molar-refractivity contribution is 6.34. The van der Waals surface area contributed by atoms with E-state index < -0.39 is 0 Å². The number of hydrogen-bond donors (Lipinski definition) is 1. The van der Waals surface area contributed by atoms with Crippen molar-refractivity contribution in [2.45, 2.75) is 6.92 Å². The first-order valence-corrected chi connectivity index (χ1v) is 11.7. The summed E-state index contributed by atoms with van der Waals surface area (Å²) in [5.41, 5.74) is 3.43. The molecule has 1 N–H and O–H groups in total. The highest BCUT2D eigenvalue weighted by Crippen LogP contribution is 2.35. The van der Waals surface area contributed by atoms with Crippen molar-refractivity contribution in [3.05, 3.63) is 87.4 Å². The van der Waals surface area contributed by atoms with Crippen molar-refractivity contribution in [2.24, 2.45) is 0 Å². The zero-order valence-corrected chi connectivity index (χ0v) is 20.5. The van der Waals surface area contributed by atoms with E-state index in [-0.39, 0.29) is 11.8 Å². The number of amides is 2. The molecule has 0 spiro atoms. The van der Waals surface area contributed by atoms with Crippen LogP contribution >= 0.6 is 23.2 Å². The lowest BCUT2D eigenvalue weighted by molar-refractivity contribution is 0.0746. The van der Waals surface area contributed by atoms with Gasteiger partial charge >= 0.3 is 0 Å². The van der Waals surface area contributed by atoms with E-state index in [2.05, 4.69) is 10.2 Å². The number of aryl methyl sites for hydroxylation is 1. The monoisotopic (exact) mass is 497 g/mol. The van der Waals surface area contributed by atoms with E-state index in [9.17, 15) is 9.59 Å². The molecule has 0 radical (unpaired) electrons. The molecule has 1 fully saturated rings. The smallest absolute Gasteiger partial charge is 0.259 e. The van der Waals surface area contributed by atoms with Crippen LogP contribution in [0.25, 0.3) is 0 Å². The van der Waals surface area contributed by atoms with Crippen LogP contribution < -0.4 is 15.0 Å². The second-order valence-electron chi connectivity index (χ2n) is 8.08. The van der Waals surface area contributed by atoms with Crippen molar-refractivity contribution < 1.29 is 14.3 Å². The maximum absolute atomic E-state index is 13.1. The second-order valence-corrected chi connectivity index (χ2v) is 8.92. The molecule has 2 amide bonds. The fourth-order valence-electron chi connectivity index (χ4n) is 4.00. The molecule has 6 nitrogen and oxygen atoms in total. The fourth-order valence-corrected chi connectivity index (χ4v) is 4.46. The van der Waals surface area contributed by atoms with Crippen molar-refractivity contribution in [3.63, 3.8) is 0 Å². The van der Waals surface area contributed by atoms with Crippen LogP contribution in [0.3, 0.4) is 0 Å². The van der Waals surface area contributed by atoms with E-state index in [0.29, 0.717) is 58.8 Å². The number of methoxy groups -OCH3 is 1. The normalized spacial score (nSPS) is 13.5. The SMILES string of the molecule is COc1ccc(Cl)cc1C(=O)Nc1cccc(Cl)c1N1CCN(C(=O)c2ccc(C)cc2)CC1. The quantitative estimate of drug-likeness (QED) is 0.503. The molecule has 1 aliphatic heterocycles. The number of carbonyl (C=O) groups excluding carboxylic acids is 2. The summed E-state index contributed by atoms with van der Waals surface area (Å²) in [4.78, 5) is 29.9. The standard InChI is InChI=1S/C26H25Cl2N3O3/c1-17-6-8-18(9-7-17)26(33)31-14-12-30(13-15-31)24-21(28)4-3-5-22(24)29-25(32)20-16-19(27)10-11-23(20)34-2/h3-11,16H,12-15H2,1-2H3,(H,29,32). The van der Waals surface area contributed by atoms with Gasteiger partial charge in [0.25, 0.3) is 11.8 Å². The minimum Gasteiger partial charge on any atom is -0.496 e.